The lowest BCUT2D eigenvalue weighted by atomic mass is 10.2. The van der Waals surface area contributed by atoms with Gasteiger partial charge in [-0.25, -0.2) is 4.39 Å². The fourth-order valence-electron chi connectivity index (χ4n) is 1.73. The van der Waals surface area contributed by atoms with Gasteiger partial charge in [-0.2, -0.15) is 11.8 Å². The third kappa shape index (κ3) is 3.54. The number of furan rings is 1. The average Bonchev–Trinajstić information content (AvgIpc) is 2.86. The quantitative estimate of drug-likeness (QED) is 0.859. The van der Waals surface area contributed by atoms with Crippen molar-refractivity contribution in [2.75, 3.05) is 11.6 Å². The maximum Gasteiger partial charge on any atom is 0.248 e. The van der Waals surface area contributed by atoms with Gasteiger partial charge in [0.25, 0.3) is 0 Å². The predicted molar refractivity (Wildman–Crippen MR) is 78.2 cm³/mol. The molecule has 0 aliphatic heterocycles. The van der Waals surface area contributed by atoms with Gasteiger partial charge in [0.2, 0.25) is 5.91 Å². The molecule has 0 unspecified atom stereocenters. The van der Waals surface area contributed by atoms with Crippen LogP contribution in [0.25, 0.3) is 0 Å². The van der Waals surface area contributed by atoms with Gasteiger partial charge in [-0.15, -0.1) is 0 Å². The number of nitrogens with two attached hydrogens (primary N) is 1. The van der Waals surface area contributed by atoms with Crippen molar-refractivity contribution < 1.29 is 13.6 Å². The molecular formula is C14H15FN2O2S. The standard InChI is InChI=1S/C14H15FN2O2S/c1-20-8-11-4-3-10(19-11)7-17-13-6-9(14(16)18)2-5-12(13)15/h2-6,17H,7-8H2,1H3,(H2,16,18). The minimum absolute atomic E-state index is 0.226. The smallest absolute Gasteiger partial charge is 0.248 e. The molecule has 0 aliphatic carbocycles. The van der Waals surface area contributed by atoms with Crippen LogP contribution in [0.1, 0.15) is 21.9 Å². The van der Waals surface area contributed by atoms with Crippen molar-refractivity contribution >= 4 is 23.4 Å². The van der Waals surface area contributed by atoms with Crippen LogP contribution < -0.4 is 11.1 Å². The maximum absolute atomic E-state index is 13.6. The average molecular weight is 294 g/mol. The third-order valence-corrected chi connectivity index (χ3v) is 3.28. The minimum Gasteiger partial charge on any atom is -0.463 e. The van der Waals surface area contributed by atoms with Crippen LogP contribution in [0.4, 0.5) is 10.1 Å². The van der Waals surface area contributed by atoms with E-state index in [0.29, 0.717) is 12.3 Å². The molecule has 0 aliphatic rings. The number of thioether (sulfide) groups is 1. The Bertz CT molecular complexity index is 613. The molecule has 0 radical (unpaired) electrons. The summed E-state index contributed by atoms with van der Waals surface area (Å²) in [5, 5.41) is 2.90. The highest BCUT2D eigenvalue weighted by atomic mass is 32.2. The third-order valence-electron chi connectivity index (χ3n) is 2.71. The number of hydrogen-bond donors (Lipinski definition) is 2. The Morgan fingerprint density at radius 3 is 2.80 bits per heavy atom. The zero-order chi connectivity index (χ0) is 14.5. The second kappa shape index (κ2) is 6.47. The molecule has 6 heteroatoms. The van der Waals surface area contributed by atoms with E-state index >= 15 is 0 Å². The largest absolute Gasteiger partial charge is 0.463 e. The van der Waals surface area contributed by atoms with E-state index in [1.54, 1.807) is 11.8 Å². The lowest BCUT2D eigenvalue weighted by Crippen LogP contribution is -2.12. The Morgan fingerprint density at radius 1 is 1.35 bits per heavy atom. The fourth-order valence-corrected chi connectivity index (χ4v) is 2.17. The Morgan fingerprint density at radius 2 is 2.10 bits per heavy atom. The van der Waals surface area contributed by atoms with Gasteiger partial charge in [-0.05, 0) is 36.6 Å². The van der Waals surface area contributed by atoms with Crippen molar-refractivity contribution in [1.29, 1.82) is 0 Å². The number of carbonyl (C=O) groups excluding carboxylic acids is 1. The molecule has 0 atom stereocenters. The second-order valence-electron chi connectivity index (χ2n) is 4.21. The highest BCUT2D eigenvalue weighted by Crippen LogP contribution is 2.18. The van der Waals surface area contributed by atoms with E-state index < -0.39 is 11.7 Å². The van der Waals surface area contributed by atoms with E-state index in [2.05, 4.69) is 5.32 Å². The number of halogens is 1. The molecule has 0 saturated carbocycles. The first-order valence-corrected chi connectivity index (χ1v) is 7.39. The molecule has 1 aromatic carbocycles. The van der Waals surface area contributed by atoms with Crippen molar-refractivity contribution in [3.05, 3.63) is 53.2 Å². The first-order chi connectivity index (χ1) is 9.60. The minimum atomic E-state index is -0.590. The molecule has 0 fully saturated rings. The highest BCUT2D eigenvalue weighted by Gasteiger charge is 2.08. The Hall–Kier alpha value is -1.95. The summed E-state index contributed by atoms with van der Waals surface area (Å²) in [5.41, 5.74) is 5.65. The number of anilines is 1. The van der Waals surface area contributed by atoms with Gasteiger partial charge in [0.15, 0.2) is 0 Å². The number of carbonyl (C=O) groups is 1. The topological polar surface area (TPSA) is 68.3 Å². The monoisotopic (exact) mass is 294 g/mol. The summed E-state index contributed by atoms with van der Waals surface area (Å²) in [7, 11) is 0. The van der Waals surface area contributed by atoms with Gasteiger partial charge in [-0.1, -0.05) is 0 Å². The van der Waals surface area contributed by atoms with Gasteiger partial charge in [0.05, 0.1) is 18.0 Å². The zero-order valence-electron chi connectivity index (χ0n) is 11.0. The van der Waals surface area contributed by atoms with Crippen LogP contribution in [0.2, 0.25) is 0 Å². The summed E-state index contributed by atoms with van der Waals surface area (Å²) in [6, 6.07) is 7.69. The number of primary amides is 1. The van der Waals surface area contributed by atoms with Crippen molar-refractivity contribution in [3.63, 3.8) is 0 Å². The van der Waals surface area contributed by atoms with Crippen molar-refractivity contribution in [2.24, 2.45) is 5.73 Å². The second-order valence-corrected chi connectivity index (χ2v) is 5.08. The summed E-state index contributed by atoms with van der Waals surface area (Å²) in [4.78, 5) is 11.1. The van der Waals surface area contributed by atoms with Crippen LogP contribution in [-0.4, -0.2) is 12.2 Å². The molecule has 20 heavy (non-hydrogen) atoms. The summed E-state index contributed by atoms with van der Waals surface area (Å²) < 4.78 is 19.2. The normalized spacial score (nSPS) is 10.5. The molecule has 1 amide bonds. The van der Waals surface area contributed by atoms with Crippen LogP contribution in [0.5, 0.6) is 0 Å². The van der Waals surface area contributed by atoms with E-state index in [1.807, 2.05) is 18.4 Å². The summed E-state index contributed by atoms with van der Waals surface area (Å²) >= 11 is 1.66. The SMILES string of the molecule is CSCc1ccc(CNc2cc(C(N)=O)ccc2F)o1. The molecule has 0 spiro atoms. The molecule has 106 valence electrons. The zero-order valence-corrected chi connectivity index (χ0v) is 11.8. The molecule has 4 nitrogen and oxygen atoms in total. The predicted octanol–water partition coefficient (Wildman–Crippen LogP) is 2.99. The molecule has 0 bridgehead atoms. The van der Waals surface area contributed by atoms with Gasteiger partial charge in [0.1, 0.15) is 17.3 Å². The molecule has 1 aromatic heterocycles. The van der Waals surface area contributed by atoms with Gasteiger partial charge in [0, 0.05) is 5.56 Å². The molecule has 2 rings (SSSR count). The van der Waals surface area contributed by atoms with E-state index in [1.165, 1.54) is 18.2 Å². The number of hydrogen-bond acceptors (Lipinski definition) is 4. The number of amides is 1. The molecule has 2 aromatic rings. The molecule has 0 saturated heterocycles. The highest BCUT2D eigenvalue weighted by molar-refractivity contribution is 7.97. The fraction of sp³-hybridized carbons (Fsp3) is 0.214. The lowest BCUT2D eigenvalue weighted by molar-refractivity contribution is 0.100. The Kier molecular flexibility index (Phi) is 4.68. The first kappa shape index (κ1) is 14.5. The van der Waals surface area contributed by atoms with Gasteiger partial charge >= 0.3 is 0 Å². The summed E-state index contributed by atoms with van der Waals surface area (Å²) in [5.74, 6) is 1.35. The van der Waals surface area contributed by atoms with E-state index in [-0.39, 0.29) is 11.3 Å². The van der Waals surface area contributed by atoms with Crippen LogP contribution in [0.3, 0.4) is 0 Å². The van der Waals surface area contributed by atoms with Crippen molar-refractivity contribution in [3.8, 4) is 0 Å². The number of benzene rings is 1. The summed E-state index contributed by atoms with van der Waals surface area (Å²) in [6.07, 6.45) is 1.99. The van der Waals surface area contributed by atoms with Crippen LogP contribution >= 0.6 is 11.8 Å². The number of nitrogens with one attached hydrogen (secondary N) is 1. The maximum atomic E-state index is 13.6. The molecular weight excluding hydrogens is 279 g/mol. The molecule has 3 N–H and O–H groups in total. The Balaban J connectivity index is 2.05. The van der Waals surface area contributed by atoms with Crippen molar-refractivity contribution in [1.82, 2.24) is 0 Å². The van der Waals surface area contributed by atoms with Crippen LogP contribution in [0.15, 0.2) is 34.7 Å². The summed E-state index contributed by atoms with van der Waals surface area (Å²) in [6.45, 7) is 0.341. The van der Waals surface area contributed by atoms with E-state index in [0.717, 1.165) is 11.5 Å². The lowest BCUT2D eigenvalue weighted by Gasteiger charge is -2.07. The van der Waals surface area contributed by atoms with Gasteiger partial charge in [-0.3, -0.25) is 4.79 Å². The van der Waals surface area contributed by atoms with E-state index in [9.17, 15) is 9.18 Å². The van der Waals surface area contributed by atoms with Crippen LogP contribution in [0, 0.1) is 5.82 Å². The Labute approximate surface area is 120 Å². The van der Waals surface area contributed by atoms with E-state index in [4.69, 9.17) is 10.2 Å². The molecule has 1 heterocycles. The van der Waals surface area contributed by atoms with Crippen molar-refractivity contribution in [2.45, 2.75) is 12.3 Å². The van der Waals surface area contributed by atoms with Crippen LogP contribution in [-0.2, 0) is 12.3 Å². The number of rotatable bonds is 6. The van der Waals surface area contributed by atoms with Gasteiger partial charge < -0.3 is 15.5 Å². The first-order valence-electron chi connectivity index (χ1n) is 6.00.